The molecule has 0 unspecified atom stereocenters. The summed E-state index contributed by atoms with van der Waals surface area (Å²) in [7, 11) is 5.18. The molecule has 0 saturated heterocycles. The Morgan fingerprint density at radius 3 is 1.80 bits per heavy atom. The summed E-state index contributed by atoms with van der Waals surface area (Å²) in [5.74, 6) is 0. The molecule has 0 aromatic carbocycles. The van der Waals surface area contributed by atoms with Crippen molar-refractivity contribution in [2.24, 2.45) is 0 Å². The second kappa shape index (κ2) is 4.78. The summed E-state index contributed by atoms with van der Waals surface area (Å²) < 4.78 is 4.92. The van der Waals surface area contributed by atoms with Gasteiger partial charge in [0.25, 0.3) is 8.05 Å². The molecule has 58 valence electrons. The molecule has 0 aliphatic heterocycles. The van der Waals surface area contributed by atoms with Crippen LogP contribution in [0.1, 0.15) is 46.5 Å². The van der Waals surface area contributed by atoms with Crippen LogP contribution in [0, 0.1) is 0 Å². The van der Waals surface area contributed by atoms with Crippen molar-refractivity contribution in [3.63, 3.8) is 0 Å². The maximum Gasteiger partial charge on any atom is 0.283 e. The topological polar surface area (TPSA) is 9.23 Å². The van der Waals surface area contributed by atoms with Gasteiger partial charge in [0, 0.05) is 5.60 Å². The summed E-state index contributed by atoms with van der Waals surface area (Å²) in [6.07, 6.45) is 4.37. The van der Waals surface area contributed by atoms with E-state index in [1.807, 2.05) is 0 Å². The van der Waals surface area contributed by atoms with E-state index < -0.39 is 0 Å². The van der Waals surface area contributed by atoms with E-state index in [1.54, 1.807) is 0 Å². The predicted octanol–water partition coefficient (Wildman–Crippen LogP) is 2.45. The van der Waals surface area contributed by atoms with Crippen molar-refractivity contribution in [1.29, 1.82) is 0 Å². The van der Waals surface area contributed by atoms with Crippen molar-refractivity contribution in [3.05, 3.63) is 0 Å². The fourth-order valence-corrected chi connectivity index (χ4v) is 1.30. The van der Waals surface area contributed by atoms with Gasteiger partial charge in [-0.15, -0.1) is 0 Å². The summed E-state index contributed by atoms with van der Waals surface area (Å²) in [4.78, 5) is 0. The maximum absolute atomic E-state index is 5.18. The monoisotopic (exact) mass is 140 g/mol. The second-order valence-corrected chi connectivity index (χ2v) is 3.07. The average molecular weight is 140 g/mol. The Hall–Kier alpha value is 0.0249. The Bertz CT molecular complexity index is 77.3. The lowest BCUT2D eigenvalue weighted by molar-refractivity contribution is 0.0792. The van der Waals surface area contributed by atoms with Crippen LogP contribution in [0.3, 0.4) is 0 Å². The van der Waals surface area contributed by atoms with Gasteiger partial charge in [0.2, 0.25) is 0 Å². The first-order valence-corrected chi connectivity index (χ1v) is 4.06. The third-order valence-corrected chi connectivity index (χ3v) is 1.84. The van der Waals surface area contributed by atoms with E-state index in [0.29, 0.717) is 0 Å². The van der Waals surface area contributed by atoms with Crippen molar-refractivity contribution in [2.75, 3.05) is 0 Å². The molecule has 1 nitrogen and oxygen atoms in total. The van der Waals surface area contributed by atoms with Crippen LogP contribution in [-0.4, -0.2) is 13.7 Å². The molecule has 0 fully saturated rings. The minimum absolute atomic E-state index is 0.0799. The zero-order valence-electron chi connectivity index (χ0n) is 7.31. The van der Waals surface area contributed by atoms with Gasteiger partial charge in [0.05, 0.1) is 0 Å². The van der Waals surface area contributed by atoms with Crippen LogP contribution in [0.15, 0.2) is 0 Å². The van der Waals surface area contributed by atoms with Crippen molar-refractivity contribution in [1.82, 2.24) is 0 Å². The van der Waals surface area contributed by atoms with Gasteiger partial charge in [-0.3, -0.25) is 0 Å². The van der Waals surface area contributed by atoms with Crippen molar-refractivity contribution < 1.29 is 4.65 Å². The Kier molecular flexibility index (Phi) is 4.79. The lowest BCUT2D eigenvalue weighted by Crippen LogP contribution is -2.27. The van der Waals surface area contributed by atoms with Gasteiger partial charge in [-0.1, -0.05) is 26.7 Å². The highest BCUT2D eigenvalue weighted by Gasteiger charge is 2.19. The SMILES string of the molecule is [B]OC(C)(CCC)CCC. The maximum atomic E-state index is 5.18. The predicted molar refractivity (Wildman–Crippen MR) is 45.1 cm³/mol. The molecule has 0 aromatic rings. The quantitative estimate of drug-likeness (QED) is 0.533. The van der Waals surface area contributed by atoms with Gasteiger partial charge in [-0.25, -0.2) is 0 Å². The van der Waals surface area contributed by atoms with E-state index in [2.05, 4.69) is 20.8 Å². The molecule has 0 bridgehead atoms. The molecule has 0 saturated carbocycles. The molecule has 0 amide bonds. The van der Waals surface area contributed by atoms with E-state index in [0.717, 1.165) is 25.7 Å². The standard InChI is InChI=1S/C8H17BO/c1-4-6-8(3,10-9)7-5-2/h4-7H2,1-3H3. The molecule has 0 aliphatic rings. The summed E-state index contributed by atoms with van der Waals surface area (Å²) in [6, 6.07) is 0. The zero-order chi connectivity index (χ0) is 8.04. The fraction of sp³-hybridized carbons (Fsp3) is 1.00. The van der Waals surface area contributed by atoms with Crippen LogP contribution in [-0.2, 0) is 4.65 Å². The van der Waals surface area contributed by atoms with Gasteiger partial charge in [0.15, 0.2) is 0 Å². The summed E-state index contributed by atoms with van der Waals surface area (Å²) in [6.45, 7) is 6.36. The summed E-state index contributed by atoms with van der Waals surface area (Å²) in [5.41, 5.74) is -0.0799. The highest BCUT2D eigenvalue weighted by Crippen LogP contribution is 2.21. The highest BCUT2D eigenvalue weighted by molar-refractivity contribution is 5.98. The third kappa shape index (κ3) is 3.26. The molecule has 0 N–H and O–H groups in total. The molecule has 0 atom stereocenters. The van der Waals surface area contributed by atoms with Gasteiger partial charge in [0.1, 0.15) is 0 Å². The van der Waals surface area contributed by atoms with Crippen LogP contribution in [0.2, 0.25) is 0 Å². The summed E-state index contributed by atoms with van der Waals surface area (Å²) >= 11 is 0. The molecule has 0 rings (SSSR count). The van der Waals surface area contributed by atoms with E-state index in [4.69, 9.17) is 12.7 Å². The molecule has 0 aliphatic carbocycles. The van der Waals surface area contributed by atoms with Crippen LogP contribution in [0.25, 0.3) is 0 Å². The Balaban J connectivity index is 3.69. The van der Waals surface area contributed by atoms with Gasteiger partial charge >= 0.3 is 0 Å². The first kappa shape index (κ1) is 10.0. The Morgan fingerprint density at radius 2 is 1.60 bits per heavy atom. The van der Waals surface area contributed by atoms with Gasteiger partial charge in [-0.05, 0) is 19.8 Å². The zero-order valence-corrected chi connectivity index (χ0v) is 7.31. The first-order chi connectivity index (χ1) is 4.68. The van der Waals surface area contributed by atoms with Crippen molar-refractivity contribution >= 4 is 8.05 Å². The lowest BCUT2D eigenvalue weighted by Gasteiger charge is -2.28. The minimum Gasteiger partial charge on any atom is -0.443 e. The number of hydrogen-bond acceptors (Lipinski definition) is 1. The van der Waals surface area contributed by atoms with E-state index in [9.17, 15) is 0 Å². The van der Waals surface area contributed by atoms with Crippen LogP contribution in [0.5, 0.6) is 0 Å². The molecule has 0 aromatic heterocycles. The summed E-state index contributed by atoms with van der Waals surface area (Å²) in [5, 5.41) is 0. The van der Waals surface area contributed by atoms with E-state index in [-0.39, 0.29) is 5.60 Å². The fourth-order valence-electron chi connectivity index (χ4n) is 1.30. The largest absolute Gasteiger partial charge is 0.443 e. The van der Waals surface area contributed by atoms with E-state index >= 15 is 0 Å². The molecule has 2 radical (unpaired) electrons. The van der Waals surface area contributed by atoms with Crippen molar-refractivity contribution in [3.8, 4) is 0 Å². The number of rotatable bonds is 5. The molecule has 0 spiro atoms. The minimum atomic E-state index is -0.0799. The highest BCUT2D eigenvalue weighted by atomic mass is 16.4. The Morgan fingerprint density at radius 1 is 1.20 bits per heavy atom. The number of hydrogen-bond donors (Lipinski definition) is 0. The van der Waals surface area contributed by atoms with E-state index in [1.165, 1.54) is 0 Å². The molecule has 0 heterocycles. The molecular weight excluding hydrogens is 123 g/mol. The van der Waals surface area contributed by atoms with Gasteiger partial charge in [-0.2, -0.15) is 0 Å². The average Bonchev–Trinajstić information content (AvgIpc) is 1.89. The smallest absolute Gasteiger partial charge is 0.283 e. The van der Waals surface area contributed by atoms with Crippen molar-refractivity contribution in [2.45, 2.75) is 52.1 Å². The van der Waals surface area contributed by atoms with Crippen LogP contribution >= 0.6 is 0 Å². The molecule has 2 heteroatoms. The lowest BCUT2D eigenvalue weighted by atomic mass is 9.94. The second-order valence-electron chi connectivity index (χ2n) is 3.07. The normalized spacial score (nSPS) is 11.9. The Labute approximate surface area is 65.6 Å². The third-order valence-electron chi connectivity index (χ3n) is 1.84. The molecule has 10 heavy (non-hydrogen) atoms. The molecular formula is C8H17BO. The van der Waals surface area contributed by atoms with Gasteiger partial charge < -0.3 is 4.65 Å². The first-order valence-electron chi connectivity index (χ1n) is 4.06. The van der Waals surface area contributed by atoms with Crippen LogP contribution < -0.4 is 0 Å². The van der Waals surface area contributed by atoms with Crippen LogP contribution in [0.4, 0.5) is 0 Å².